The van der Waals surface area contributed by atoms with Crippen molar-refractivity contribution in [1.82, 2.24) is 9.97 Å². The second-order valence-electron chi connectivity index (χ2n) is 4.18. The summed E-state index contributed by atoms with van der Waals surface area (Å²) in [4.78, 5) is 18.7. The molecule has 20 heavy (non-hydrogen) atoms. The van der Waals surface area contributed by atoms with Crippen molar-refractivity contribution >= 4 is 12.0 Å². The zero-order chi connectivity index (χ0) is 14.4. The van der Waals surface area contributed by atoms with Crippen LogP contribution in [-0.4, -0.2) is 21.0 Å². The van der Waals surface area contributed by atoms with Gasteiger partial charge in [-0.05, 0) is 30.7 Å². The molecule has 102 valence electrons. The monoisotopic (exact) mass is 270 g/mol. The summed E-state index contributed by atoms with van der Waals surface area (Å²) >= 11 is 0. The van der Waals surface area contributed by atoms with Crippen LogP contribution >= 0.6 is 0 Å². The maximum Gasteiger partial charge on any atom is 0.328 e. The Hall–Kier alpha value is -2.69. The van der Waals surface area contributed by atoms with Crippen LogP contribution in [-0.2, 0) is 11.4 Å². The van der Waals surface area contributed by atoms with Gasteiger partial charge in [0.25, 0.3) is 0 Å². The number of aromatic nitrogens is 2. The van der Waals surface area contributed by atoms with Gasteiger partial charge < -0.3 is 9.84 Å². The molecule has 0 unspecified atom stereocenters. The molecule has 0 bridgehead atoms. The molecule has 2 aromatic rings. The van der Waals surface area contributed by atoms with Crippen LogP contribution in [0.15, 0.2) is 42.7 Å². The van der Waals surface area contributed by atoms with Gasteiger partial charge in [0, 0.05) is 12.3 Å². The van der Waals surface area contributed by atoms with Gasteiger partial charge in [-0.15, -0.1) is 0 Å². The molecule has 0 radical (unpaired) electrons. The molecule has 5 heteroatoms. The second kappa shape index (κ2) is 6.47. The van der Waals surface area contributed by atoms with Crippen LogP contribution in [0.3, 0.4) is 0 Å². The highest BCUT2D eigenvalue weighted by molar-refractivity contribution is 5.85. The van der Waals surface area contributed by atoms with E-state index in [1.807, 2.05) is 6.92 Å². The maximum absolute atomic E-state index is 10.4. The molecule has 0 amide bonds. The van der Waals surface area contributed by atoms with E-state index in [1.165, 1.54) is 6.08 Å². The molecule has 0 saturated heterocycles. The van der Waals surface area contributed by atoms with Crippen molar-refractivity contribution < 1.29 is 14.6 Å². The number of hydrogen-bond acceptors (Lipinski definition) is 4. The van der Waals surface area contributed by atoms with Gasteiger partial charge in [0.2, 0.25) is 0 Å². The minimum absolute atomic E-state index is 0.345. The third-order valence-electron chi connectivity index (χ3n) is 2.52. The summed E-state index contributed by atoms with van der Waals surface area (Å²) in [5.74, 6) is -0.275. The van der Waals surface area contributed by atoms with Gasteiger partial charge >= 0.3 is 5.97 Å². The summed E-state index contributed by atoms with van der Waals surface area (Å²) in [6.45, 7) is 2.22. The predicted molar refractivity (Wildman–Crippen MR) is 74.2 cm³/mol. The number of carboxylic acid groups (broad SMARTS) is 1. The van der Waals surface area contributed by atoms with Gasteiger partial charge in [-0.1, -0.05) is 12.1 Å². The SMILES string of the molecule is Cc1cnc(COc2ccc(/C=C/C(=O)O)cc2)cn1. The smallest absolute Gasteiger partial charge is 0.328 e. The second-order valence-corrected chi connectivity index (χ2v) is 4.18. The fourth-order valence-corrected chi connectivity index (χ4v) is 1.49. The Balaban J connectivity index is 1.93. The number of ether oxygens (including phenoxy) is 1. The molecule has 0 saturated carbocycles. The molecule has 0 spiro atoms. The largest absolute Gasteiger partial charge is 0.487 e. The minimum Gasteiger partial charge on any atom is -0.487 e. The lowest BCUT2D eigenvalue weighted by Gasteiger charge is -2.05. The lowest BCUT2D eigenvalue weighted by atomic mass is 10.2. The summed E-state index contributed by atoms with van der Waals surface area (Å²) < 4.78 is 5.57. The van der Waals surface area contributed by atoms with Crippen molar-refractivity contribution in [2.75, 3.05) is 0 Å². The lowest BCUT2D eigenvalue weighted by molar-refractivity contribution is -0.131. The molecule has 0 atom stereocenters. The van der Waals surface area contributed by atoms with Crippen LogP contribution in [0, 0.1) is 6.92 Å². The Morgan fingerprint density at radius 1 is 1.25 bits per heavy atom. The first-order valence-corrected chi connectivity index (χ1v) is 6.05. The van der Waals surface area contributed by atoms with Gasteiger partial charge in [-0.3, -0.25) is 9.97 Å². The number of benzene rings is 1. The van der Waals surface area contributed by atoms with E-state index in [9.17, 15) is 4.79 Å². The van der Waals surface area contributed by atoms with Gasteiger partial charge in [0.15, 0.2) is 0 Å². The molecule has 2 rings (SSSR count). The fraction of sp³-hybridized carbons (Fsp3) is 0.133. The molecular weight excluding hydrogens is 256 g/mol. The number of nitrogens with zero attached hydrogens (tertiary/aromatic N) is 2. The average molecular weight is 270 g/mol. The zero-order valence-corrected chi connectivity index (χ0v) is 11.0. The first-order chi connectivity index (χ1) is 9.63. The number of carboxylic acids is 1. The molecule has 0 fully saturated rings. The molecule has 1 heterocycles. The van der Waals surface area contributed by atoms with Crippen LogP contribution in [0.2, 0.25) is 0 Å². The Labute approximate surface area is 116 Å². The van der Waals surface area contributed by atoms with E-state index in [2.05, 4.69) is 9.97 Å². The summed E-state index contributed by atoms with van der Waals surface area (Å²) in [5, 5.41) is 8.53. The van der Waals surface area contributed by atoms with Crippen LogP contribution in [0.4, 0.5) is 0 Å². The summed E-state index contributed by atoms with van der Waals surface area (Å²) in [5.41, 5.74) is 2.42. The highest BCUT2D eigenvalue weighted by Gasteiger charge is 1.98. The summed E-state index contributed by atoms with van der Waals surface area (Å²) in [6.07, 6.45) is 5.99. The number of aliphatic carboxylic acids is 1. The van der Waals surface area contributed by atoms with E-state index in [1.54, 1.807) is 36.7 Å². The van der Waals surface area contributed by atoms with Crippen molar-refractivity contribution in [2.45, 2.75) is 13.5 Å². The van der Waals surface area contributed by atoms with Crippen LogP contribution in [0.1, 0.15) is 17.0 Å². The normalized spacial score (nSPS) is 10.7. The first-order valence-electron chi connectivity index (χ1n) is 6.05. The molecule has 0 aliphatic rings. The molecular formula is C15H14N2O3. The van der Waals surface area contributed by atoms with E-state index in [-0.39, 0.29) is 0 Å². The average Bonchev–Trinajstić information content (AvgIpc) is 2.45. The molecule has 1 N–H and O–H groups in total. The van der Waals surface area contributed by atoms with E-state index in [0.29, 0.717) is 12.4 Å². The number of rotatable bonds is 5. The van der Waals surface area contributed by atoms with Crippen molar-refractivity contribution in [3.8, 4) is 5.75 Å². The van der Waals surface area contributed by atoms with E-state index in [0.717, 1.165) is 23.0 Å². The molecule has 5 nitrogen and oxygen atoms in total. The van der Waals surface area contributed by atoms with Gasteiger partial charge in [0.05, 0.1) is 17.6 Å². The highest BCUT2D eigenvalue weighted by atomic mass is 16.5. The van der Waals surface area contributed by atoms with Gasteiger partial charge in [-0.2, -0.15) is 0 Å². The summed E-state index contributed by atoms with van der Waals surface area (Å²) in [6, 6.07) is 7.14. The Morgan fingerprint density at radius 3 is 2.60 bits per heavy atom. The van der Waals surface area contributed by atoms with E-state index in [4.69, 9.17) is 9.84 Å². The first kappa shape index (κ1) is 13.7. The Morgan fingerprint density at radius 2 is 2.00 bits per heavy atom. The van der Waals surface area contributed by atoms with Crippen molar-refractivity contribution in [3.05, 3.63) is 59.7 Å². The number of carbonyl (C=O) groups is 1. The Bertz CT molecular complexity index is 604. The summed E-state index contributed by atoms with van der Waals surface area (Å²) in [7, 11) is 0. The topological polar surface area (TPSA) is 72.3 Å². The van der Waals surface area contributed by atoms with Crippen LogP contribution in [0.5, 0.6) is 5.75 Å². The lowest BCUT2D eigenvalue weighted by Crippen LogP contribution is -1.99. The van der Waals surface area contributed by atoms with Crippen LogP contribution < -0.4 is 4.74 Å². The Kier molecular flexibility index (Phi) is 4.44. The molecule has 0 aliphatic carbocycles. The molecule has 1 aromatic heterocycles. The zero-order valence-electron chi connectivity index (χ0n) is 11.0. The number of hydrogen-bond donors (Lipinski definition) is 1. The van der Waals surface area contributed by atoms with Crippen molar-refractivity contribution in [2.24, 2.45) is 0 Å². The van der Waals surface area contributed by atoms with Gasteiger partial charge in [-0.25, -0.2) is 4.79 Å². The van der Waals surface area contributed by atoms with Gasteiger partial charge in [0.1, 0.15) is 12.4 Å². The van der Waals surface area contributed by atoms with Crippen molar-refractivity contribution in [3.63, 3.8) is 0 Å². The fourth-order valence-electron chi connectivity index (χ4n) is 1.49. The highest BCUT2D eigenvalue weighted by Crippen LogP contribution is 2.14. The molecule has 1 aromatic carbocycles. The quantitative estimate of drug-likeness (QED) is 0.845. The maximum atomic E-state index is 10.4. The standard InChI is InChI=1S/C15H14N2O3/c1-11-8-17-13(9-16-11)10-20-14-5-2-12(3-6-14)4-7-15(18)19/h2-9H,10H2,1H3,(H,18,19)/b7-4+. The minimum atomic E-state index is -0.969. The van der Waals surface area contributed by atoms with E-state index < -0.39 is 5.97 Å². The third kappa shape index (κ3) is 4.20. The predicted octanol–water partition coefficient (Wildman–Crippen LogP) is 2.46. The third-order valence-corrected chi connectivity index (χ3v) is 2.52. The van der Waals surface area contributed by atoms with E-state index >= 15 is 0 Å². The number of aryl methyl sites for hydroxylation is 1. The van der Waals surface area contributed by atoms with Crippen LogP contribution in [0.25, 0.3) is 6.08 Å². The molecule has 0 aliphatic heterocycles. The van der Waals surface area contributed by atoms with Crippen molar-refractivity contribution in [1.29, 1.82) is 0 Å².